The molecule has 0 aromatic carbocycles. The molecule has 44 heavy (non-hydrogen) atoms. The molecule has 1 fully saturated rings. The summed E-state index contributed by atoms with van der Waals surface area (Å²) in [7, 11) is 0. The highest BCUT2D eigenvalue weighted by Crippen LogP contribution is 2.38. The lowest BCUT2D eigenvalue weighted by Gasteiger charge is -2.22. The van der Waals surface area contributed by atoms with Crippen molar-refractivity contribution >= 4 is 17.5 Å². The first kappa shape index (κ1) is 38.9. The van der Waals surface area contributed by atoms with Crippen LogP contribution in [-0.4, -0.2) is 70.0 Å². The molecule has 0 amide bonds. The SMILES string of the molecule is CCCCCCCC(=O)CC[C@@H]1[C@@H](CC=CCCCC(=O)OCC(CO[N+](=O)[O-])CC(=O)CCCO[N+](=O)[O-])[C@@H](O)C[C@H]1O. The van der Waals surface area contributed by atoms with Crippen LogP contribution in [0, 0.1) is 38.0 Å². The fourth-order valence-electron chi connectivity index (χ4n) is 5.47. The highest BCUT2D eigenvalue weighted by molar-refractivity contribution is 5.79. The van der Waals surface area contributed by atoms with Crippen LogP contribution in [0.5, 0.6) is 0 Å². The topological polar surface area (TPSA) is 206 Å². The van der Waals surface area contributed by atoms with Crippen molar-refractivity contribution in [2.24, 2.45) is 17.8 Å². The first-order valence-corrected chi connectivity index (χ1v) is 15.8. The Morgan fingerprint density at radius 3 is 2.20 bits per heavy atom. The predicted octanol–water partition coefficient (Wildman–Crippen LogP) is 4.49. The van der Waals surface area contributed by atoms with Crippen LogP contribution in [-0.2, 0) is 28.8 Å². The molecule has 5 atom stereocenters. The first-order valence-electron chi connectivity index (χ1n) is 15.8. The van der Waals surface area contributed by atoms with Crippen molar-refractivity contribution in [2.45, 2.75) is 122 Å². The predicted molar refractivity (Wildman–Crippen MR) is 158 cm³/mol. The van der Waals surface area contributed by atoms with Crippen LogP contribution in [0.4, 0.5) is 0 Å². The molecule has 1 aliphatic carbocycles. The van der Waals surface area contributed by atoms with Crippen molar-refractivity contribution < 1.29 is 49.2 Å². The lowest BCUT2D eigenvalue weighted by molar-refractivity contribution is -0.759. The number of esters is 1. The third-order valence-corrected chi connectivity index (χ3v) is 7.87. The van der Waals surface area contributed by atoms with Crippen LogP contribution in [0.15, 0.2) is 12.2 Å². The minimum absolute atomic E-state index is 0.0298. The van der Waals surface area contributed by atoms with Crippen molar-refractivity contribution in [3.63, 3.8) is 0 Å². The lowest BCUT2D eigenvalue weighted by Crippen LogP contribution is -2.23. The number of aliphatic hydroxyl groups excluding tert-OH is 2. The highest BCUT2D eigenvalue weighted by atomic mass is 17.0. The minimum Gasteiger partial charge on any atom is -0.465 e. The van der Waals surface area contributed by atoms with Crippen LogP contribution < -0.4 is 0 Å². The number of aliphatic hydroxyl groups is 2. The number of ketones is 2. The second-order valence-corrected chi connectivity index (χ2v) is 11.5. The molecule has 0 saturated heterocycles. The Balaban J connectivity index is 2.36. The van der Waals surface area contributed by atoms with Gasteiger partial charge in [-0.05, 0) is 56.8 Å². The molecule has 0 heterocycles. The van der Waals surface area contributed by atoms with E-state index in [0.717, 1.165) is 25.7 Å². The number of hydrogen-bond donors (Lipinski definition) is 2. The molecular formula is C30H50N2O12. The Kier molecular flexibility index (Phi) is 20.6. The van der Waals surface area contributed by atoms with Crippen molar-refractivity contribution in [3.05, 3.63) is 32.4 Å². The molecule has 0 bridgehead atoms. The van der Waals surface area contributed by atoms with Crippen LogP contribution in [0.1, 0.15) is 110 Å². The fraction of sp³-hybridized carbons (Fsp3) is 0.833. The van der Waals surface area contributed by atoms with Gasteiger partial charge in [0.1, 0.15) is 18.2 Å². The van der Waals surface area contributed by atoms with Gasteiger partial charge in [-0.3, -0.25) is 14.4 Å². The summed E-state index contributed by atoms with van der Waals surface area (Å²) in [5.41, 5.74) is 0. The number of Topliss-reactive ketones (excluding diaryl/α,β-unsaturated/α-hetero) is 2. The number of hydrogen-bond acceptors (Lipinski definition) is 12. The molecule has 14 nitrogen and oxygen atoms in total. The van der Waals surface area contributed by atoms with E-state index in [9.17, 15) is 44.8 Å². The number of ether oxygens (including phenoxy) is 1. The maximum Gasteiger partial charge on any atom is 0.305 e. The number of carbonyl (C=O) groups excluding carboxylic acids is 3. The van der Waals surface area contributed by atoms with E-state index in [0.29, 0.717) is 44.9 Å². The van der Waals surface area contributed by atoms with Crippen LogP contribution in [0.3, 0.4) is 0 Å². The van der Waals surface area contributed by atoms with Crippen LogP contribution >= 0.6 is 0 Å². The summed E-state index contributed by atoms with van der Waals surface area (Å²) < 4.78 is 5.19. The van der Waals surface area contributed by atoms with Gasteiger partial charge in [0.05, 0.1) is 25.4 Å². The van der Waals surface area contributed by atoms with E-state index in [4.69, 9.17) is 4.74 Å². The molecule has 14 heteroatoms. The van der Waals surface area contributed by atoms with Crippen molar-refractivity contribution in [2.75, 3.05) is 19.8 Å². The lowest BCUT2D eigenvalue weighted by atomic mass is 9.86. The summed E-state index contributed by atoms with van der Waals surface area (Å²) in [5.74, 6) is -1.65. The van der Waals surface area contributed by atoms with Gasteiger partial charge in [-0.15, -0.1) is 20.2 Å². The molecular weight excluding hydrogens is 580 g/mol. The van der Waals surface area contributed by atoms with Gasteiger partial charge in [0.15, 0.2) is 0 Å². The van der Waals surface area contributed by atoms with Gasteiger partial charge in [0.25, 0.3) is 10.2 Å². The largest absolute Gasteiger partial charge is 0.465 e. The summed E-state index contributed by atoms with van der Waals surface area (Å²) in [6.07, 6.45) is 11.5. The summed E-state index contributed by atoms with van der Waals surface area (Å²) in [6.45, 7) is 1.22. The standard InChI is InChI=1S/C30H50N2O12/c1-2-3-4-5-8-12-24(33)16-17-27-26(28(35)20-29(27)36)14-9-6-7-10-15-30(37)42-21-23(22-44-32(40)41)19-25(34)13-11-18-43-31(38)39/h6,9,23,26-29,35-36H,2-5,7-8,10-22H2,1H3/t23?,26-,27-,28+,29-/m1/s1. The molecule has 252 valence electrons. The van der Waals surface area contributed by atoms with E-state index in [1.165, 1.54) is 6.42 Å². The molecule has 0 aromatic rings. The molecule has 1 rings (SSSR count). The van der Waals surface area contributed by atoms with Crippen LogP contribution in [0.25, 0.3) is 0 Å². The summed E-state index contributed by atoms with van der Waals surface area (Å²) >= 11 is 0. The number of carbonyl (C=O) groups is 3. The quantitative estimate of drug-likeness (QED) is 0.0423. The molecule has 0 aromatic heterocycles. The Hall–Kier alpha value is -3.13. The van der Waals surface area contributed by atoms with Gasteiger partial charge >= 0.3 is 5.97 Å². The van der Waals surface area contributed by atoms with E-state index in [2.05, 4.69) is 16.6 Å². The zero-order valence-corrected chi connectivity index (χ0v) is 25.8. The molecule has 0 spiro atoms. The first-order chi connectivity index (χ1) is 21.0. The van der Waals surface area contributed by atoms with Gasteiger partial charge in [-0.25, -0.2) is 0 Å². The number of rotatable bonds is 27. The van der Waals surface area contributed by atoms with Gasteiger partial charge in [-0.1, -0.05) is 44.8 Å². The van der Waals surface area contributed by atoms with Crippen LogP contribution in [0.2, 0.25) is 0 Å². The third-order valence-electron chi connectivity index (χ3n) is 7.87. The normalized spacial score (nSPS) is 20.3. The van der Waals surface area contributed by atoms with E-state index < -0.39 is 40.9 Å². The highest BCUT2D eigenvalue weighted by Gasteiger charge is 2.40. The number of unbranched alkanes of at least 4 members (excludes halogenated alkanes) is 5. The Bertz CT molecular complexity index is 912. The molecule has 0 radical (unpaired) electrons. The third kappa shape index (κ3) is 18.5. The zero-order chi connectivity index (χ0) is 32.7. The molecule has 1 unspecified atom stereocenters. The van der Waals surface area contributed by atoms with Gasteiger partial charge in [0.2, 0.25) is 0 Å². The van der Waals surface area contributed by atoms with Crippen molar-refractivity contribution in [1.82, 2.24) is 0 Å². The molecule has 0 aliphatic heterocycles. The summed E-state index contributed by atoms with van der Waals surface area (Å²) in [5, 5.41) is 39.7. The second kappa shape index (κ2) is 23.3. The number of allylic oxidation sites excluding steroid dienone is 2. The van der Waals surface area contributed by atoms with E-state index in [1.54, 1.807) is 0 Å². The van der Waals surface area contributed by atoms with Gasteiger partial charge in [0, 0.05) is 38.0 Å². The Morgan fingerprint density at radius 2 is 1.50 bits per heavy atom. The molecule has 1 aliphatic rings. The fourth-order valence-corrected chi connectivity index (χ4v) is 5.47. The van der Waals surface area contributed by atoms with Gasteiger partial charge in [-0.2, -0.15) is 0 Å². The smallest absolute Gasteiger partial charge is 0.305 e. The van der Waals surface area contributed by atoms with Crippen molar-refractivity contribution in [3.8, 4) is 0 Å². The Labute approximate surface area is 258 Å². The minimum atomic E-state index is -1.000. The second-order valence-electron chi connectivity index (χ2n) is 11.5. The van der Waals surface area contributed by atoms with E-state index in [-0.39, 0.29) is 62.3 Å². The summed E-state index contributed by atoms with van der Waals surface area (Å²) in [4.78, 5) is 65.8. The average Bonchev–Trinajstić information content (AvgIpc) is 3.24. The van der Waals surface area contributed by atoms with Gasteiger partial charge < -0.3 is 24.6 Å². The molecule has 1 saturated carbocycles. The van der Waals surface area contributed by atoms with E-state index >= 15 is 0 Å². The maximum absolute atomic E-state index is 12.3. The zero-order valence-electron chi connectivity index (χ0n) is 25.8. The molecule has 2 N–H and O–H groups in total. The Morgan fingerprint density at radius 1 is 0.818 bits per heavy atom. The monoisotopic (exact) mass is 630 g/mol. The average molecular weight is 631 g/mol. The maximum atomic E-state index is 12.3. The number of nitrogens with zero attached hydrogens (tertiary/aromatic N) is 2. The van der Waals surface area contributed by atoms with E-state index in [1.807, 2.05) is 12.2 Å². The van der Waals surface area contributed by atoms with Crippen molar-refractivity contribution in [1.29, 1.82) is 0 Å². The summed E-state index contributed by atoms with van der Waals surface area (Å²) in [6, 6.07) is 0.